The van der Waals surface area contributed by atoms with Crippen LogP contribution in [0.2, 0.25) is 0 Å². The average Bonchev–Trinajstić information content (AvgIpc) is 3.16. The number of amides is 1. The van der Waals surface area contributed by atoms with Crippen molar-refractivity contribution in [3.8, 4) is 11.5 Å². The number of hydrogen-bond acceptors (Lipinski definition) is 3. The monoisotopic (exact) mass is 449 g/mol. The van der Waals surface area contributed by atoms with Crippen LogP contribution in [0.3, 0.4) is 0 Å². The molecule has 1 fully saturated rings. The Kier molecular flexibility index (Phi) is 6.27. The van der Waals surface area contributed by atoms with Gasteiger partial charge in [-0.1, -0.05) is 103 Å². The average molecular weight is 450 g/mol. The summed E-state index contributed by atoms with van der Waals surface area (Å²) < 4.78 is 5.97. The first-order valence-electron chi connectivity index (χ1n) is 10.9. The zero-order chi connectivity index (χ0) is 22.5. The molecular formula is C29H23NO2S. The summed E-state index contributed by atoms with van der Waals surface area (Å²) in [4.78, 5) is 16.2. The van der Waals surface area contributed by atoms with Gasteiger partial charge in [0.05, 0.1) is 4.91 Å². The Morgan fingerprint density at radius 2 is 1.39 bits per heavy atom. The number of benzene rings is 4. The molecule has 4 heteroatoms. The van der Waals surface area contributed by atoms with Crippen LogP contribution in [0, 0.1) is 0 Å². The van der Waals surface area contributed by atoms with Gasteiger partial charge in [-0.25, -0.2) is 0 Å². The molecule has 4 aromatic carbocycles. The van der Waals surface area contributed by atoms with Crippen molar-refractivity contribution in [1.82, 2.24) is 4.90 Å². The van der Waals surface area contributed by atoms with Gasteiger partial charge < -0.3 is 9.64 Å². The number of nitrogens with zero attached hydrogens (tertiary/aromatic N) is 1. The fraction of sp³-hybridized carbons (Fsp3) is 0.0690. The van der Waals surface area contributed by atoms with Crippen LogP contribution in [0.5, 0.6) is 11.5 Å². The summed E-state index contributed by atoms with van der Waals surface area (Å²) >= 11 is 1.60. The Balaban J connectivity index is 1.43. The van der Waals surface area contributed by atoms with Crippen LogP contribution < -0.4 is 4.74 Å². The minimum absolute atomic E-state index is 0.0482. The Morgan fingerprint density at radius 3 is 2.12 bits per heavy atom. The van der Waals surface area contributed by atoms with E-state index in [1.54, 1.807) is 11.8 Å². The number of ether oxygens (including phenoxy) is 1. The maximum Gasteiger partial charge on any atom is 0.261 e. The number of carbonyl (C=O) groups excluding carboxylic acids is 1. The van der Waals surface area contributed by atoms with Crippen molar-refractivity contribution in [2.75, 3.05) is 0 Å². The van der Waals surface area contributed by atoms with Crippen LogP contribution in [0.1, 0.15) is 22.1 Å². The van der Waals surface area contributed by atoms with Gasteiger partial charge in [-0.2, -0.15) is 0 Å². The molecule has 0 bridgehead atoms. The minimum Gasteiger partial charge on any atom is -0.457 e. The molecular weight excluding hydrogens is 426 g/mol. The molecule has 1 aliphatic rings. The molecule has 0 radical (unpaired) electrons. The molecule has 0 spiro atoms. The van der Waals surface area contributed by atoms with Gasteiger partial charge in [0.2, 0.25) is 0 Å². The maximum absolute atomic E-state index is 13.5. The third-order valence-electron chi connectivity index (χ3n) is 5.41. The van der Waals surface area contributed by atoms with Crippen molar-refractivity contribution in [3.05, 3.63) is 137 Å². The highest BCUT2D eigenvalue weighted by Crippen LogP contribution is 2.47. The van der Waals surface area contributed by atoms with E-state index < -0.39 is 0 Å². The summed E-state index contributed by atoms with van der Waals surface area (Å²) in [7, 11) is 0. The van der Waals surface area contributed by atoms with Crippen molar-refractivity contribution >= 4 is 23.7 Å². The largest absolute Gasteiger partial charge is 0.457 e. The Morgan fingerprint density at radius 1 is 0.758 bits per heavy atom. The summed E-state index contributed by atoms with van der Waals surface area (Å²) in [5, 5.41) is -0.0612. The van der Waals surface area contributed by atoms with Crippen LogP contribution in [0.15, 0.2) is 120 Å². The molecule has 1 heterocycles. The van der Waals surface area contributed by atoms with Gasteiger partial charge in [0, 0.05) is 6.54 Å². The molecule has 1 atom stereocenters. The Labute approximate surface area is 198 Å². The predicted octanol–water partition coefficient (Wildman–Crippen LogP) is 7.29. The van der Waals surface area contributed by atoms with Crippen molar-refractivity contribution in [2.45, 2.75) is 11.9 Å². The summed E-state index contributed by atoms with van der Waals surface area (Å²) in [5.74, 6) is 1.57. The summed E-state index contributed by atoms with van der Waals surface area (Å²) in [6.07, 6.45) is 1.96. The van der Waals surface area contributed by atoms with Crippen LogP contribution >= 0.6 is 11.8 Å². The highest BCUT2D eigenvalue weighted by molar-refractivity contribution is 8.04. The molecule has 5 rings (SSSR count). The number of para-hydroxylation sites is 1. The lowest BCUT2D eigenvalue weighted by atomic mass is 10.1. The lowest BCUT2D eigenvalue weighted by molar-refractivity contribution is -0.126. The second-order valence-corrected chi connectivity index (χ2v) is 8.92. The third-order valence-corrected chi connectivity index (χ3v) is 6.70. The van der Waals surface area contributed by atoms with Crippen molar-refractivity contribution in [1.29, 1.82) is 0 Å². The van der Waals surface area contributed by atoms with Gasteiger partial charge in [0.1, 0.15) is 16.9 Å². The first kappa shape index (κ1) is 21.1. The zero-order valence-corrected chi connectivity index (χ0v) is 18.8. The highest BCUT2D eigenvalue weighted by Gasteiger charge is 2.37. The van der Waals surface area contributed by atoms with Crippen LogP contribution in [-0.4, -0.2) is 10.8 Å². The highest BCUT2D eigenvalue weighted by atomic mass is 32.2. The fourth-order valence-electron chi connectivity index (χ4n) is 3.82. The van der Waals surface area contributed by atoms with Gasteiger partial charge in [0.25, 0.3) is 5.91 Å². The van der Waals surface area contributed by atoms with Crippen LogP contribution in [-0.2, 0) is 11.3 Å². The molecule has 1 unspecified atom stereocenters. The smallest absolute Gasteiger partial charge is 0.261 e. The third kappa shape index (κ3) is 5.02. The maximum atomic E-state index is 13.5. The first-order valence-corrected chi connectivity index (χ1v) is 11.8. The van der Waals surface area contributed by atoms with Crippen LogP contribution in [0.4, 0.5) is 0 Å². The van der Waals surface area contributed by atoms with E-state index in [1.165, 1.54) is 0 Å². The molecule has 0 aromatic heterocycles. The number of thioether (sulfide) groups is 1. The fourth-order valence-corrected chi connectivity index (χ4v) is 5.08. The van der Waals surface area contributed by atoms with E-state index in [-0.39, 0.29) is 11.3 Å². The van der Waals surface area contributed by atoms with Gasteiger partial charge in [-0.05, 0) is 47.0 Å². The standard InChI is InChI=1S/C29H23NO2S/c31-28-27(20-23-13-10-18-26(19-23)32-25-16-8-3-9-17-25)33-29(24-14-6-2-7-15-24)30(28)21-22-11-4-1-5-12-22/h1-20,29H,21H2/b27-20+. The lowest BCUT2D eigenvalue weighted by Gasteiger charge is -2.23. The van der Waals surface area contributed by atoms with E-state index in [9.17, 15) is 4.79 Å². The second kappa shape index (κ2) is 9.80. The zero-order valence-electron chi connectivity index (χ0n) is 18.0. The minimum atomic E-state index is -0.0612. The molecule has 4 aromatic rings. The molecule has 0 saturated carbocycles. The lowest BCUT2D eigenvalue weighted by Crippen LogP contribution is -2.27. The molecule has 0 N–H and O–H groups in total. The molecule has 3 nitrogen and oxygen atoms in total. The van der Waals surface area contributed by atoms with E-state index in [1.807, 2.05) is 102 Å². The SMILES string of the molecule is O=C1/C(=C\c2cccc(Oc3ccccc3)c2)SC(c2ccccc2)N1Cc1ccccc1. The van der Waals surface area contributed by atoms with Crippen molar-refractivity contribution in [3.63, 3.8) is 0 Å². The van der Waals surface area contributed by atoms with E-state index in [4.69, 9.17) is 4.74 Å². The van der Waals surface area contributed by atoms with Crippen molar-refractivity contribution < 1.29 is 9.53 Å². The Bertz CT molecular complexity index is 1260. The van der Waals surface area contributed by atoms with Gasteiger partial charge in [-0.15, -0.1) is 0 Å². The second-order valence-electron chi connectivity index (χ2n) is 7.80. The van der Waals surface area contributed by atoms with Crippen LogP contribution in [0.25, 0.3) is 6.08 Å². The Hall–Kier alpha value is -3.76. The van der Waals surface area contributed by atoms with Crippen molar-refractivity contribution in [2.24, 2.45) is 0 Å². The quantitative estimate of drug-likeness (QED) is 0.289. The van der Waals surface area contributed by atoms with E-state index >= 15 is 0 Å². The van der Waals surface area contributed by atoms with E-state index in [2.05, 4.69) is 24.3 Å². The molecule has 1 aliphatic heterocycles. The molecule has 33 heavy (non-hydrogen) atoms. The molecule has 1 amide bonds. The number of carbonyl (C=O) groups is 1. The van der Waals surface area contributed by atoms with Gasteiger partial charge in [0.15, 0.2) is 0 Å². The van der Waals surface area contributed by atoms with E-state index in [0.717, 1.165) is 33.1 Å². The number of rotatable bonds is 6. The van der Waals surface area contributed by atoms with Gasteiger partial charge >= 0.3 is 0 Å². The normalized spacial score (nSPS) is 16.8. The molecule has 0 aliphatic carbocycles. The van der Waals surface area contributed by atoms with Gasteiger partial charge in [-0.3, -0.25) is 4.79 Å². The predicted molar refractivity (Wildman–Crippen MR) is 135 cm³/mol. The van der Waals surface area contributed by atoms with E-state index in [0.29, 0.717) is 6.54 Å². The number of hydrogen-bond donors (Lipinski definition) is 0. The molecule has 1 saturated heterocycles. The molecule has 162 valence electrons. The summed E-state index contributed by atoms with van der Waals surface area (Å²) in [6, 6.07) is 37.9. The first-order chi connectivity index (χ1) is 16.3. The topological polar surface area (TPSA) is 29.5 Å². The summed E-state index contributed by atoms with van der Waals surface area (Å²) in [5.41, 5.74) is 3.18. The summed E-state index contributed by atoms with van der Waals surface area (Å²) in [6.45, 7) is 0.570.